The summed E-state index contributed by atoms with van der Waals surface area (Å²) in [4.78, 5) is 16.6. The van der Waals surface area contributed by atoms with Gasteiger partial charge in [0, 0.05) is 32.7 Å². The van der Waals surface area contributed by atoms with E-state index in [1.54, 1.807) is 0 Å². The van der Waals surface area contributed by atoms with Crippen LogP contribution >= 0.6 is 12.4 Å². The molecule has 1 atom stereocenters. The lowest BCUT2D eigenvalue weighted by Gasteiger charge is -2.33. The van der Waals surface area contributed by atoms with E-state index in [0.717, 1.165) is 32.7 Å². The fourth-order valence-corrected chi connectivity index (χ4v) is 2.88. The van der Waals surface area contributed by atoms with Crippen molar-refractivity contribution in [1.29, 1.82) is 0 Å². The van der Waals surface area contributed by atoms with Gasteiger partial charge in [-0.1, -0.05) is 32.9 Å². The van der Waals surface area contributed by atoms with Gasteiger partial charge in [0.25, 0.3) is 0 Å². The maximum atomic E-state index is 12.0. The average Bonchev–Trinajstić information content (AvgIpc) is 2.54. The molecule has 1 fully saturated rings. The highest BCUT2D eigenvalue weighted by molar-refractivity contribution is 5.85. The van der Waals surface area contributed by atoms with E-state index in [-0.39, 0.29) is 36.5 Å². The molecule has 0 spiro atoms. The van der Waals surface area contributed by atoms with Gasteiger partial charge in [-0.2, -0.15) is 0 Å². The largest absolute Gasteiger partial charge is 0.482 e. The second-order valence-corrected chi connectivity index (χ2v) is 7.97. The summed E-state index contributed by atoms with van der Waals surface area (Å²) in [5, 5.41) is 0. The van der Waals surface area contributed by atoms with Crippen molar-refractivity contribution in [1.82, 2.24) is 9.80 Å². The van der Waals surface area contributed by atoms with Gasteiger partial charge < -0.3 is 14.4 Å². The summed E-state index contributed by atoms with van der Waals surface area (Å²) in [7, 11) is 2.13. The Hall–Kier alpha value is -1.30. The Morgan fingerprint density at radius 3 is 2.23 bits per heavy atom. The third kappa shape index (κ3) is 7.52. The molecule has 0 aliphatic carbocycles. The van der Waals surface area contributed by atoms with Gasteiger partial charge in [-0.25, -0.2) is 4.79 Å². The monoisotopic (exact) mass is 384 g/mol. The minimum absolute atomic E-state index is 0. The quantitative estimate of drug-likeness (QED) is 0.705. The van der Waals surface area contributed by atoms with E-state index in [0.29, 0.717) is 5.75 Å². The molecule has 1 aromatic carbocycles. The van der Waals surface area contributed by atoms with Crippen LogP contribution in [-0.4, -0.2) is 68.3 Å². The van der Waals surface area contributed by atoms with E-state index >= 15 is 0 Å². The van der Waals surface area contributed by atoms with Crippen molar-refractivity contribution in [3.05, 3.63) is 29.8 Å². The summed E-state index contributed by atoms with van der Waals surface area (Å²) < 4.78 is 11.0. The zero-order valence-corrected chi connectivity index (χ0v) is 17.5. The van der Waals surface area contributed by atoms with Gasteiger partial charge in [0.15, 0.2) is 6.61 Å². The number of carbonyl (C=O) groups excluding carboxylic acids is 1. The van der Waals surface area contributed by atoms with E-state index in [2.05, 4.69) is 37.6 Å². The molecule has 5 nitrogen and oxygen atoms in total. The van der Waals surface area contributed by atoms with Gasteiger partial charge in [-0.3, -0.25) is 4.90 Å². The van der Waals surface area contributed by atoms with Gasteiger partial charge in [-0.05, 0) is 37.1 Å². The Morgan fingerprint density at radius 1 is 1.12 bits per heavy atom. The van der Waals surface area contributed by atoms with Crippen LogP contribution in [0.5, 0.6) is 5.75 Å². The molecule has 0 aromatic heterocycles. The lowest BCUT2D eigenvalue weighted by Crippen LogP contribution is -2.47. The fourth-order valence-electron chi connectivity index (χ4n) is 2.88. The minimum atomic E-state index is -0.318. The van der Waals surface area contributed by atoms with Crippen molar-refractivity contribution in [3.8, 4) is 5.75 Å². The van der Waals surface area contributed by atoms with Gasteiger partial charge in [0.1, 0.15) is 11.9 Å². The number of benzene rings is 1. The van der Waals surface area contributed by atoms with E-state index in [1.807, 2.05) is 31.2 Å². The van der Waals surface area contributed by atoms with Gasteiger partial charge in [-0.15, -0.1) is 12.4 Å². The van der Waals surface area contributed by atoms with Gasteiger partial charge >= 0.3 is 5.97 Å². The zero-order valence-electron chi connectivity index (χ0n) is 16.7. The van der Waals surface area contributed by atoms with Crippen LogP contribution in [0.25, 0.3) is 0 Å². The van der Waals surface area contributed by atoms with E-state index in [9.17, 15) is 4.79 Å². The first-order valence-electron chi connectivity index (χ1n) is 9.08. The number of rotatable bonds is 6. The predicted octanol–water partition coefficient (Wildman–Crippen LogP) is 2.96. The molecule has 1 aliphatic rings. The first kappa shape index (κ1) is 22.7. The SMILES string of the molecule is CC(CN1CCN(C)CC1)OC(=O)COc1ccc(C(C)(C)C)cc1.Cl. The summed E-state index contributed by atoms with van der Waals surface area (Å²) in [6.07, 6.45) is -0.122. The van der Waals surface area contributed by atoms with Crippen LogP contribution in [0, 0.1) is 0 Å². The molecule has 0 saturated carbocycles. The number of halogens is 1. The summed E-state index contributed by atoms with van der Waals surface area (Å²) in [5.74, 6) is 0.373. The van der Waals surface area contributed by atoms with Crippen molar-refractivity contribution in [2.75, 3.05) is 46.4 Å². The van der Waals surface area contributed by atoms with Crippen molar-refractivity contribution in [2.45, 2.75) is 39.2 Å². The summed E-state index contributed by atoms with van der Waals surface area (Å²) >= 11 is 0. The molecule has 1 heterocycles. The number of esters is 1. The lowest BCUT2D eigenvalue weighted by molar-refractivity contribution is -0.151. The van der Waals surface area contributed by atoms with Crippen molar-refractivity contribution in [3.63, 3.8) is 0 Å². The topological polar surface area (TPSA) is 42.0 Å². The molecule has 0 bridgehead atoms. The smallest absolute Gasteiger partial charge is 0.344 e. The van der Waals surface area contributed by atoms with E-state index < -0.39 is 0 Å². The number of carbonyl (C=O) groups is 1. The second kappa shape index (κ2) is 10.1. The maximum absolute atomic E-state index is 12.0. The average molecular weight is 385 g/mol. The van der Waals surface area contributed by atoms with Crippen LogP contribution in [0.2, 0.25) is 0 Å². The highest BCUT2D eigenvalue weighted by Crippen LogP contribution is 2.24. The summed E-state index contributed by atoms with van der Waals surface area (Å²) in [5.41, 5.74) is 1.35. The van der Waals surface area contributed by atoms with Crippen molar-refractivity contribution in [2.24, 2.45) is 0 Å². The third-order valence-electron chi connectivity index (χ3n) is 4.52. The fraction of sp³-hybridized carbons (Fsp3) is 0.650. The number of ether oxygens (including phenoxy) is 2. The van der Waals surface area contributed by atoms with Crippen molar-refractivity contribution >= 4 is 18.4 Å². The summed E-state index contributed by atoms with van der Waals surface area (Å²) in [6.45, 7) is 13.3. The standard InChI is InChI=1S/C20H32N2O3.ClH/c1-16(14-22-12-10-21(5)11-13-22)25-19(23)15-24-18-8-6-17(7-9-18)20(2,3)4;/h6-9,16H,10-15H2,1-5H3;1H. The number of likely N-dealkylation sites (N-methyl/N-ethyl adjacent to an activating group) is 1. The Bertz CT molecular complexity index is 549. The highest BCUT2D eigenvalue weighted by atomic mass is 35.5. The van der Waals surface area contributed by atoms with Crippen LogP contribution in [0.3, 0.4) is 0 Å². The van der Waals surface area contributed by atoms with Crippen molar-refractivity contribution < 1.29 is 14.3 Å². The normalized spacial score (nSPS) is 17.3. The molecule has 2 rings (SSSR count). The molecule has 6 heteroatoms. The number of hydrogen-bond donors (Lipinski definition) is 0. The van der Waals surface area contributed by atoms with Crippen LogP contribution in [-0.2, 0) is 14.9 Å². The molecule has 0 amide bonds. The number of nitrogens with zero attached hydrogens (tertiary/aromatic N) is 2. The Morgan fingerprint density at radius 2 is 1.69 bits per heavy atom. The first-order valence-corrected chi connectivity index (χ1v) is 9.08. The van der Waals surface area contributed by atoms with Gasteiger partial charge in [0.2, 0.25) is 0 Å². The van der Waals surface area contributed by atoms with Crippen LogP contribution in [0.15, 0.2) is 24.3 Å². The minimum Gasteiger partial charge on any atom is -0.482 e. The molecule has 1 aliphatic heterocycles. The first-order chi connectivity index (χ1) is 11.7. The number of piperazine rings is 1. The molecular weight excluding hydrogens is 352 g/mol. The Balaban J connectivity index is 0.00000338. The maximum Gasteiger partial charge on any atom is 0.344 e. The van der Waals surface area contributed by atoms with Crippen LogP contribution in [0.1, 0.15) is 33.3 Å². The lowest BCUT2D eigenvalue weighted by atomic mass is 9.87. The Kier molecular flexibility index (Phi) is 8.87. The third-order valence-corrected chi connectivity index (χ3v) is 4.52. The predicted molar refractivity (Wildman–Crippen MR) is 107 cm³/mol. The molecule has 1 unspecified atom stereocenters. The number of hydrogen-bond acceptors (Lipinski definition) is 5. The molecule has 0 N–H and O–H groups in total. The molecular formula is C20H33ClN2O3. The molecule has 1 aromatic rings. The Labute approximate surface area is 164 Å². The van der Waals surface area contributed by atoms with E-state index in [4.69, 9.17) is 9.47 Å². The van der Waals surface area contributed by atoms with Crippen LogP contribution < -0.4 is 4.74 Å². The highest BCUT2D eigenvalue weighted by Gasteiger charge is 2.18. The molecule has 148 valence electrons. The zero-order chi connectivity index (χ0) is 18.4. The van der Waals surface area contributed by atoms with Crippen LogP contribution in [0.4, 0.5) is 0 Å². The van der Waals surface area contributed by atoms with E-state index in [1.165, 1.54) is 5.56 Å². The molecule has 1 saturated heterocycles. The second-order valence-electron chi connectivity index (χ2n) is 7.97. The van der Waals surface area contributed by atoms with Gasteiger partial charge in [0.05, 0.1) is 0 Å². The molecule has 26 heavy (non-hydrogen) atoms. The molecule has 0 radical (unpaired) electrons. The summed E-state index contributed by atoms with van der Waals surface area (Å²) in [6, 6.07) is 7.89.